The number of nitrogens with zero attached hydrogens (tertiary/aromatic N) is 1. The Morgan fingerprint density at radius 2 is 2.10 bits per heavy atom. The summed E-state index contributed by atoms with van der Waals surface area (Å²) in [4.78, 5) is 34.5. The number of esters is 1. The monoisotopic (exact) mass is 295 g/mol. The molecule has 7 nitrogen and oxygen atoms in total. The van der Waals surface area contributed by atoms with Gasteiger partial charge in [0.15, 0.2) is 6.61 Å². The predicted molar refractivity (Wildman–Crippen MR) is 78.5 cm³/mol. The second kappa shape index (κ2) is 8.08. The van der Waals surface area contributed by atoms with Crippen LogP contribution >= 0.6 is 0 Å². The van der Waals surface area contributed by atoms with Crippen molar-refractivity contribution < 1.29 is 14.3 Å². The lowest BCUT2D eigenvalue weighted by molar-refractivity contribution is -0.149. The molecule has 0 spiro atoms. The number of aromatic nitrogens is 1. The van der Waals surface area contributed by atoms with Gasteiger partial charge in [0.05, 0.1) is 0 Å². The molecule has 21 heavy (non-hydrogen) atoms. The van der Waals surface area contributed by atoms with Crippen molar-refractivity contribution in [2.75, 3.05) is 18.9 Å². The molecule has 0 aliphatic rings. The lowest BCUT2D eigenvalue weighted by Crippen LogP contribution is -2.31. The molecule has 3 N–H and O–H groups in total. The van der Waals surface area contributed by atoms with Crippen molar-refractivity contribution >= 4 is 17.6 Å². The topological polar surface area (TPSA) is 103 Å². The van der Waals surface area contributed by atoms with E-state index in [1.54, 1.807) is 0 Å². The van der Waals surface area contributed by atoms with E-state index in [-0.39, 0.29) is 24.6 Å². The lowest BCUT2D eigenvalue weighted by Gasteiger charge is -2.09. The maximum absolute atomic E-state index is 11.6. The molecule has 0 bridgehead atoms. The Morgan fingerprint density at radius 3 is 2.76 bits per heavy atom. The number of anilines is 1. The second-order valence-electron chi connectivity index (χ2n) is 5.12. The van der Waals surface area contributed by atoms with Gasteiger partial charge in [0.2, 0.25) is 0 Å². The first-order valence-corrected chi connectivity index (χ1v) is 6.76. The van der Waals surface area contributed by atoms with E-state index in [9.17, 15) is 14.4 Å². The van der Waals surface area contributed by atoms with Crippen LogP contribution in [0.5, 0.6) is 0 Å². The first-order chi connectivity index (χ1) is 9.88. The molecule has 1 aromatic heterocycles. The maximum Gasteiger partial charge on any atom is 0.326 e. The van der Waals surface area contributed by atoms with Gasteiger partial charge in [-0.3, -0.25) is 14.4 Å². The smallest absolute Gasteiger partial charge is 0.326 e. The number of amides is 1. The molecule has 0 aliphatic carbocycles. The number of hydrogen-bond donors (Lipinski definition) is 2. The number of nitrogen functional groups attached to an aromatic ring is 1. The zero-order valence-corrected chi connectivity index (χ0v) is 12.3. The Hall–Kier alpha value is -2.31. The van der Waals surface area contributed by atoms with Crippen LogP contribution in [-0.2, 0) is 20.9 Å². The Labute approximate surface area is 123 Å². The van der Waals surface area contributed by atoms with Gasteiger partial charge in [0.1, 0.15) is 6.54 Å². The first-order valence-electron chi connectivity index (χ1n) is 6.76. The third-order valence-corrected chi connectivity index (χ3v) is 2.71. The minimum absolute atomic E-state index is 0.275. The number of pyridine rings is 1. The van der Waals surface area contributed by atoms with Gasteiger partial charge in [-0.1, -0.05) is 13.8 Å². The number of rotatable bonds is 7. The quantitative estimate of drug-likeness (QED) is 0.696. The molecule has 0 aliphatic heterocycles. The summed E-state index contributed by atoms with van der Waals surface area (Å²) in [7, 11) is 0. The van der Waals surface area contributed by atoms with E-state index in [0.717, 1.165) is 11.0 Å². The van der Waals surface area contributed by atoms with E-state index in [0.29, 0.717) is 18.2 Å². The van der Waals surface area contributed by atoms with Gasteiger partial charge in [-0.25, -0.2) is 0 Å². The van der Waals surface area contributed by atoms with E-state index in [4.69, 9.17) is 10.5 Å². The first kappa shape index (κ1) is 16.7. The molecule has 1 aromatic rings. The fourth-order valence-corrected chi connectivity index (χ4v) is 1.56. The van der Waals surface area contributed by atoms with Gasteiger partial charge < -0.3 is 20.4 Å². The van der Waals surface area contributed by atoms with Crippen molar-refractivity contribution in [3.8, 4) is 0 Å². The molecule has 1 rings (SSSR count). The fraction of sp³-hybridized carbons (Fsp3) is 0.500. The van der Waals surface area contributed by atoms with Gasteiger partial charge in [-0.15, -0.1) is 0 Å². The van der Waals surface area contributed by atoms with Crippen molar-refractivity contribution in [1.29, 1.82) is 0 Å². The average Bonchev–Trinajstić information content (AvgIpc) is 2.40. The average molecular weight is 295 g/mol. The lowest BCUT2D eigenvalue weighted by atomic mass is 10.1. The Kier molecular flexibility index (Phi) is 6.45. The minimum Gasteiger partial charge on any atom is -0.454 e. The van der Waals surface area contributed by atoms with Crippen molar-refractivity contribution in [3.05, 3.63) is 28.7 Å². The highest BCUT2D eigenvalue weighted by atomic mass is 16.5. The van der Waals surface area contributed by atoms with Crippen molar-refractivity contribution in [3.63, 3.8) is 0 Å². The third kappa shape index (κ3) is 6.60. The van der Waals surface area contributed by atoms with E-state index < -0.39 is 5.97 Å². The normalized spacial score (nSPS) is 10.4. The second-order valence-corrected chi connectivity index (χ2v) is 5.12. The molecule has 1 amide bonds. The zero-order valence-electron chi connectivity index (χ0n) is 12.3. The molecule has 0 fully saturated rings. The van der Waals surface area contributed by atoms with Crippen molar-refractivity contribution in [1.82, 2.24) is 9.88 Å². The largest absolute Gasteiger partial charge is 0.454 e. The molecule has 0 unspecified atom stereocenters. The van der Waals surface area contributed by atoms with E-state index >= 15 is 0 Å². The third-order valence-electron chi connectivity index (χ3n) is 2.71. The van der Waals surface area contributed by atoms with Crippen LogP contribution in [0.4, 0.5) is 5.69 Å². The minimum atomic E-state index is -0.665. The van der Waals surface area contributed by atoms with Gasteiger partial charge >= 0.3 is 5.97 Å². The number of nitrogens with two attached hydrogens (primary N) is 1. The number of hydrogen-bond acceptors (Lipinski definition) is 5. The van der Waals surface area contributed by atoms with Crippen LogP contribution in [0.3, 0.4) is 0 Å². The van der Waals surface area contributed by atoms with E-state index in [1.165, 1.54) is 18.3 Å². The van der Waals surface area contributed by atoms with Gasteiger partial charge in [0.25, 0.3) is 11.5 Å². The van der Waals surface area contributed by atoms with Crippen LogP contribution in [0.15, 0.2) is 23.1 Å². The summed E-state index contributed by atoms with van der Waals surface area (Å²) < 4.78 is 5.94. The summed E-state index contributed by atoms with van der Waals surface area (Å²) in [6, 6.07) is 2.72. The summed E-state index contributed by atoms with van der Waals surface area (Å²) in [6.07, 6.45) is 2.21. The van der Waals surface area contributed by atoms with Gasteiger partial charge in [0, 0.05) is 24.5 Å². The molecule has 7 heteroatoms. The number of ether oxygens (including phenoxy) is 1. The molecule has 0 saturated heterocycles. The highest BCUT2D eigenvalue weighted by molar-refractivity contribution is 5.80. The van der Waals surface area contributed by atoms with Crippen LogP contribution in [0, 0.1) is 5.92 Å². The summed E-state index contributed by atoms with van der Waals surface area (Å²) >= 11 is 0. The summed E-state index contributed by atoms with van der Waals surface area (Å²) in [5.41, 5.74) is 5.54. The predicted octanol–water partition coefficient (Wildman–Crippen LogP) is 0.136. The molecule has 0 aromatic carbocycles. The van der Waals surface area contributed by atoms with Crippen LogP contribution < -0.4 is 16.6 Å². The van der Waals surface area contributed by atoms with Crippen LogP contribution in [-0.4, -0.2) is 29.6 Å². The summed E-state index contributed by atoms with van der Waals surface area (Å²) in [5, 5.41) is 2.65. The Balaban J connectivity index is 2.35. The van der Waals surface area contributed by atoms with Gasteiger partial charge in [-0.05, 0) is 18.4 Å². The highest BCUT2D eigenvalue weighted by Crippen LogP contribution is 1.97. The van der Waals surface area contributed by atoms with Crippen LogP contribution in [0.25, 0.3) is 0 Å². The fourth-order valence-electron chi connectivity index (χ4n) is 1.56. The molecule has 0 atom stereocenters. The van der Waals surface area contributed by atoms with Crippen LogP contribution in [0.2, 0.25) is 0 Å². The maximum atomic E-state index is 11.6. The molecular weight excluding hydrogens is 274 g/mol. The number of nitrogens with one attached hydrogen (secondary N) is 1. The zero-order chi connectivity index (χ0) is 15.8. The van der Waals surface area contributed by atoms with Crippen molar-refractivity contribution in [2.24, 2.45) is 5.92 Å². The highest BCUT2D eigenvalue weighted by Gasteiger charge is 2.09. The molecule has 1 heterocycles. The number of carbonyl (C=O) groups excluding carboxylic acids is 2. The van der Waals surface area contributed by atoms with E-state index in [1.807, 2.05) is 0 Å². The summed E-state index contributed by atoms with van der Waals surface area (Å²) in [5.74, 6) is -0.533. The van der Waals surface area contributed by atoms with E-state index in [2.05, 4.69) is 19.2 Å². The standard InChI is InChI=1S/C14H21N3O4/c1-10(2)5-6-16-12(18)9-21-14(20)8-17-7-11(15)3-4-13(17)19/h3-4,7,10H,5-6,8-9,15H2,1-2H3,(H,16,18). The summed E-state index contributed by atoms with van der Waals surface area (Å²) in [6.45, 7) is 4.02. The molecule has 0 radical (unpaired) electrons. The molecular formula is C14H21N3O4. The van der Waals surface area contributed by atoms with Crippen molar-refractivity contribution in [2.45, 2.75) is 26.8 Å². The SMILES string of the molecule is CC(C)CCNC(=O)COC(=O)Cn1cc(N)ccc1=O. The Morgan fingerprint density at radius 1 is 1.38 bits per heavy atom. The van der Waals surface area contributed by atoms with Gasteiger partial charge in [-0.2, -0.15) is 0 Å². The molecule has 0 saturated carbocycles. The molecule has 116 valence electrons. The van der Waals surface area contributed by atoms with Crippen LogP contribution in [0.1, 0.15) is 20.3 Å². The Bertz CT molecular complexity index is 551. The number of carbonyl (C=O) groups is 2.